The van der Waals surface area contributed by atoms with Crippen molar-refractivity contribution >= 4 is 39.2 Å². The summed E-state index contributed by atoms with van der Waals surface area (Å²) in [5.41, 5.74) is 0. The monoisotopic (exact) mass is 164 g/mol. The van der Waals surface area contributed by atoms with Crippen molar-refractivity contribution < 1.29 is 0 Å². The molecule has 0 bridgehead atoms. The molecule has 0 aromatic carbocycles. The van der Waals surface area contributed by atoms with Crippen LogP contribution < -0.4 is 5.32 Å². The lowest BCUT2D eigenvalue weighted by Gasteiger charge is -2.52. The summed E-state index contributed by atoms with van der Waals surface area (Å²) >= 11 is 0. The maximum Gasteiger partial charge on any atom is 0.0802 e. The molecule has 1 fully saturated rings. The molecule has 0 atom stereocenters. The first-order chi connectivity index (χ1) is 5.86. The lowest BCUT2D eigenvalue weighted by atomic mass is 9.26. The van der Waals surface area contributed by atoms with Gasteiger partial charge in [-0.1, -0.05) is 5.34 Å². The molecule has 10 radical (unpaired) electrons. The van der Waals surface area contributed by atoms with Gasteiger partial charge in [0.05, 0.1) is 39.2 Å². The van der Waals surface area contributed by atoms with Crippen LogP contribution in [0, 0.1) is 0 Å². The molecule has 0 spiro atoms. The number of nitrogens with zero attached hydrogens (tertiary/aromatic N) is 1. The van der Waals surface area contributed by atoms with E-state index in [1.807, 2.05) is 0 Å². The highest BCUT2D eigenvalue weighted by Gasteiger charge is 2.35. The SMILES string of the molecule is [B]C([B])([B])C([B])([B])N1CCNCC1. The van der Waals surface area contributed by atoms with Crippen molar-refractivity contribution in [3.05, 3.63) is 0 Å². The van der Waals surface area contributed by atoms with Crippen LogP contribution in [0.1, 0.15) is 0 Å². The number of piperazine rings is 1. The first-order valence-corrected chi connectivity index (χ1v) is 4.26. The van der Waals surface area contributed by atoms with Crippen LogP contribution in [0.3, 0.4) is 0 Å². The van der Waals surface area contributed by atoms with Gasteiger partial charge in [0.25, 0.3) is 0 Å². The third-order valence-corrected chi connectivity index (χ3v) is 2.33. The maximum absolute atomic E-state index is 5.77. The molecule has 1 rings (SSSR count). The summed E-state index contributed by atoms with van der Waals surface area (Å²) in [6.45, 7) is 3.01. The van der Waals surface area contributed by atoms with E-state index in [1.165, 1.54) is 0 Å². The first kappa shape index (κ1) is 11.3. The fraction of sp³-hybridized carbons (Fsp3) is 1.00. The Labute approximate surface area is 86.6 Å². The topological polar surface area (TPSA) is 15.3 Å². The van der Waals surface area contributed by atoms with Crippen LogP contribution in [0.25, 0.3) is 0 Å². The molecular formula is C6H9B5N2. The molecule has 1 aliphatic heterocycles. The fourth-order valence-electron chi connectivity index (χ4n) is 1.31. The zero-order chi connectivity index (χ0) is 10.1. The van der Waals surface area contributed by atoms with Crippen LogP contribution in [0.15, 0.2) is 0 Å². The zero-order valence-corrected chi connectivity index (χ0v) is 7.66. The quantitative estimate of drug-likeness (QED) is 0.451. The average molecular weight is 163 g/mol. The van der Waals surface area contributed by atoms with Crippen molar-refractivity contribution in [3.63, 3.8) is 0 Å². The molecule has 0 aliphatic carbocycles. The Kier molecular flexibility index (Phi) is 3.29. The molecule has 0 aromatic rings. The van der Waals surface area contributed by atoms with Gasteiger partial charge in [0, 0.05) is 26.2 Å². The lowest BCUT2D eigenvalue weighted by Crippen LogP contribution is -2.63. The molecule has 1 N–H and O–H groups in total. The van der Waals surface area contributed by atoms with E-state index in [4.69, 9.17) is 39.2 Å². The van der Waals surface area contributed by atoms with Crippen LogP contribution in [0.4, 0.5) is 0 Å². The second kappa shape index (κ2) is 3.78. The molecule has 0 amide bonds. The van der Waals surface area contributed by atoms with Crippen molar-refractivity contribution in [1.82, 2.24) is 10.2 Å². The second-order valence-corrected chi connectivity index (χ2v) is 3.50. The van der Waals surface area contributed by atoms with Crippen molar-refractivity contribution in [2.24, 2.45) is 0 Å². The van der Waals surface area contributed by atoms with Crippen LogP contribution in [0.2, 0.25) is 5.11 Å². The molecule has 2 nitrogen and oxygen atoms in total. The summed E-state index contributed by atoms with van der Waals surface area (Å²) in [5.74, 6) is 0. The van der Waals surface area contributed by atoms with Crippen LogP contribution >= 0.6 is 0 Å². The van der Waals surface area contributed by atoms with Gasteiger partial charge in [-0.15, -0.1) is 5.11 Å². The van der Waals surface area contributed by atoms with E-state index in [1.54, 1.807) is 4.90 Å². The number of hydrogen-bond acceptors (Lipinski definition) is 2. The molecular weight excluding hydrogens is 154 g/mol. The smallest absolute Gasteiger partial charge is 0.0802 e. The van der Waals surface area contributed by atoms with E-state index in [9.17, 15) is 0 Å². The van der Waals surface area contributed by atoms with Gasteiger partial charge in [-0.05, 0) is 0 Å². The lowest BCUT2D eigenvalue weighted by molar-refractivity contribution is 0.195. The Hall–Kier alpha value is 0.245. The van der Waals surface area contributed by atoms with Crippen molar-refractivity contribution in [1.29, 1.82) is 0 Å². The third kappa shape index (κ3) is 2.38. The van der Waals surface area contributed by atoms with Gasteiger partial charge in [-0.2, -0.15) is 0 Å². The molecule has 0 saturated carbocycles. The molecule has 7 heteroatoms. The van der Waals surface area contributed by atoms with E-state index >= 15 is 0 Å². The Morgan fingerprint density at radius 3 is 1.77 bits per heavy atom. The summed E-state index contributed by atoms with van der Waals surface area (Å²) in [7, 11) is 28.0. The maximum atomic E-state index is 5.77. The molecule has 1 aliphatic rings. The number of rotatable bonds is 2. The van der Waals surface area contributed by atoms with Gasteiger partial charge in [-0.25, -0.2) is 0 Å². The minimum atomic E-state index is -1.59. The van der Waals surface area contributed by atoms with E-state index in [2.05, 4.69) is 5.32 Å². The van der Waals surface area contributed by atoms with Crippen LogP contribution in [-0.2, 0) is 0 Å². The minimum Gasteiger partial charge on any atom is -0.314 e. The van der Waals surface area contributed by atoms with Crippen molar-refractivity contribution in [2.75, 3.05) is 26.2 Å². The van der Waals surface area contributed by atoms with E-state index < -0.39 is 10.5 Å². The average Bonchev–Trinajstić information content (AvgIpc) is 2.04. The minimum absolute atomic E-state index is 0.695. The van der Waals surface area contributed by atoms with Gasteiger partial charge in [-0.3, -0.25) is 0 Å². The summed E-state index contributed by atoms with van der Waals surface area (Å²) in [5, 5.41) is 0.204. The summed E-state index contributed by atoms with van der Waals surface area (Å²) in [6.07, 6.45) is 0. The Bertz CT molecular complexity index is 172. The number of hydrogen-bond donors (Lipinski definition) is 1. The Morgan fingerprint density at radius 2 is 1.38 bits per heavy atom. The predicted octanol–water partition coefficient (Wildman–Crippen LogP) is -2.54. The zero-order valence-electron chi connectivity index (χ0n) is 7.66. The molecule has 0 aromatic heterocycles. The van der Waals surface area contributed by atoms with Gasteiger partial charge >= 0.3 is 0 Å². The van der Waals surface area contributed by atoms with E-state index in [-0.39, 0.29) is 0 Å². The molecule has 1 heterocycles. The van der Waals surface area contributed by atoms with Crippen LogP contribution in [-0.4, -0.2) is 75.6 Å². The highest BCUT2D eigenvalue weighted by molar-refractivity contribution is 6.67. The highest BCUT2D eigenvalue weighted by Crippen LogP contribution is 2.28. The van der Waals surface area contributed by atoms with Gasteiger partial charge in [0.1, 0.15) is 0 Å². The van der Waals surface area contributed by atoms with Gasteiger partial charge in [0.2, 0.25) is 0 Å². The van der Waals surface area contributed by atoms with Crippen molar-refractivity contribution in [2.45, 2.75) is 10.5 Å². The largest absolute Gasteiger partial charge is 0.314 e. The van der Waals surface area contributed by atoms with E-state index in [0.717, 1.165) is 13.1 Å². The summed E-state index contributed by atoms with van der Waals surface area (Å²) in [6, 6.07) is 0. The standard InChI is InChI=1S/C6H9B5N2/c7-5(8,9)6(10,11)13-3-1-12-2-4-13/h12H,1-4H2. The predicted molar refractivity (Wildman–Crippen MR) is 58.6 cm³/mol. The molecule has 0 unspecified atom stereocenters. The Morgan fingerprint density at radius 1 is 0.923 bits per heavy atom. The van der Waals surface area contributed by atoms with E-state index in [0.29, 0.717) is 13.1 Å². The first-order valence-electron chi connectivity index (χ1n) is 4.26. The molecule has 13 heavy (non-hydrogen) atoms. The Balaban J connectivity index is 2.67. The van der Waals surface area contributed by atoms with Crippen LogP contribution in [0.5, 0.6) is 0 Å². The van der Waals surface area contributed by atoms with Crippen molar-refractivity contribution in [3.8, 4) is 0 Å². The summed E-state index contributed by atoms with van der Waals surface area (Å²) < 4.78 is 0. The number of nitrogens with one attached hydrogen (secondary N) is 1. The van der Waals surface area contributed by atoms with Gasteiger partial charge in [0.15, 0.2) is 0 Å². The second-order valence-electron chi connectivity index (χ2n) is 3.50. The fourth-order valence-corrected chi connectivity index (χ4v) is 1.31. The third-order valence-electron chi connectivity index (χ3n) is 2.33. The molecule has 58 valence electrons. The molecule has 1 saturated heterocycles. The normalized spacial score (nSPS) is 21.5. The van der Waals surface area contributed by atoms with Gasteiger partial charge < -0.3 is 10.2 Å². The summed E-state index contributed by atoms with van der Waals surface area (Å²) in [4.78, 5) is 1.78. The highest BCUT2D eigenvalue weighted by atomic mass is 15.2.